The number of primary amides is 1. The Morgan fingerprint density at radius 2 is 1.90 bits per heavy atom. The number of piperidine rings is 1. The van der Waals surface area contributed by atoms with Crippen LogP contribution >= 0.6 is 24.8 Å². The second-order valence-electron chi connectivity index (χ2n) is 8.47. The fraction of sp³-hybridized carbons (Fsp3) is 0.667. The molecule has 0 spiro atoms. The molecule has 3 aliphatic rings. The molecule has 2 amide bonds. The minimum atomic E-state index is -0.210. The van der Waals surface area contributed by atoms with Gasteiger partial charge in [0.15, 0.2) is 0 Å². The molecular formula is C21H33Cl2N5O2. The van der Waals surface area contributed by atoms with Gasteiger partial charge in [0.05, 0.1) is 6.04 Å². The lowest BCUT2D eigenvalue weighted by Crippen LogP contribution is -2.43. The first-order valence-electron chi connectivity index (χ1n) is 10.6. The van der Waals surface area contributed by atoms with Gasteiger partial charge in [-0.1, -0.05) is 18.9 Å². The van der Waals surface area contributed by atoms with Gasteiger partial charge in [-0.2, -0.15) is 0 Å². The van der Waals surface area contributed by atoms with E-state index in [1.54, 1.807) is 6.20 Å². The highest BCUT2D eigenvalue weighted by Crippen LogP contribution is 2.33. The first-order valence-corrected chi connectivity index (χ1v) is 10.6. The third kappa shape index (κ3) is 5.56. The predicted octanol–water partition coefficient (Wildman–Crippen LogP) is 2.16. The van der Waals surface area contributed by atoms with Crippen LogP contribution < -0.4 is 21.3 Å². The number of carbonyl (C=O) groups is 2. The number of aromatic nitrogens is 1. The molecule has 1 aliphatic carbocycles. The third-order valence-corrected chi connectivity index (χ3v) is 6.70. The number of anilines is 1. The molecule has 3 fully saturated rings. The summed E-state index contributed by atoms with van der Waals surface area (Å²) in [5.74, 6) is 1.40. The van der Waals surface area contributed by atoms with Crippen LogP contribution in [-0.2, 0) is 16.1 Å². The quantitative estimate of drug-likeness (QED) is 0.628. The van der Waals surface area contributed by atoms with E-state index in [4.69, 9.17) is 5.73 Å². The summed E-state index contributed by atoms with van der Waals surface area (Å²) in [6.45, 7) is 2.00. The van der Waals surface area contributed by atoms with Gasteiger partial charge < -0.3 is 21.3 Å². The molecule has 3 atom stereocenters. The van der Waals surface area contributed by atoms with Crippen LogP contribution in [0.15, 0.2) is 18.3 Å². The monoisotopic (exact) mass is 457 g/mol. The number of carbonyl (C=O) groups excluding carboxylic acids is 2. The smallest absolute Gasteiger partial charge is 0.237 e. The van der Waals surface area contributed by atoms with Gasteiger partial charge >= 0.3 is 0 Å². The average Bonchev–Trinajstić information content (AvgIpc) is 3.17. The van der Waals surface area contributed by atoms with Crippen molar-refractivity contribution in [2.45, 2.75) is 63.6 Å². The molecule has 1 aromatic rings. The summed E-state index contributed by atoms with van der Waals surface area (Å²) in [5.41, 5.74) is 6.46. The lowest BCUT2D eigenvalue weighted by Gasteiger charge is -2.32. The zero-order chi connectivity index (χ0) is 19.5. The first kappa shape index (κ1) is 24.7. The summed E-state index contributed by atoms with van der Waals surface area (Å²) >= 11 is 0. The van der Waals surface area contributed by atoms with E-state index in [0.29, 0.717) is 18.5 Å². The van der Waals surface area contributed by atoms with Gasteiger partial charge in [-0.15, -0.1) is 24.8 Å². The maximum absolute atomic E-state index is 12.7. The minimum Gasteiger partial charge on any atom is -0.369 e. The molecule has 0 radical (unpaired) electrons. The number of nitrogens with zero attached hydrogens (tertiary/aromatic N) is 2. The SMILES string of the molecule is Cl.Cl.NC(=O)C1CCN(c2ncccc2CNC(=O)C2CC3CCCCC3N2)CC1. The van der Waals surface area contributed by atoms with Crippen molar-refractivity contribution in [2.75, 3.05) is 18.0 Å². The molecule has 4 N–H and O–H groups in total. The van der Waals surface area contributed by atoms with Crippen LogP contribution in [0.2, 0.25) is 0 Å². The van der Waals surface area contributed by atoms with Crippen molar-refractivity contribution in [1.29, 1.82) is 0 Å². The van der Waals surface area contributed by atoms with Gasteiger partial charge in [-0.05, 0) is 44.1 Å². The van der Waals surface area contributed by atoms with Crippen molar-refractivity contribution in [3.8, 4) is 0 Å². The maximum Gasteiger partial charge on any atom is 0.237 e. The average molecular weight is 458 g/mol. The molecule has 30 heavy (non-hydrogen) atoms. The van der Waals surface area contributed by atoms with E-state index in [9.17, 15) is 9.59 Å². The molecule has 3 heterocycles. The number of amides is 2. The largest absolute Gasteiger partial charge is 0.369 e. The molecule has 1 aromatic heterocycles. The Bertz CT molecular complexity index is 713. The Labute approximate surface area is 190 Å². The van der Waals surface area contributed by atoms with Crippen LogP contribution in [0.4, 0.5) is 5.82 Å². The van der Waals surface area contributed by atoms with Crippen molar-refractivity contribution in [3.05, 3.63) is 23.9 Å². The standard InChI is InChI=1S/C21H31N5O2.2ClH/c22-19(27)14-7-10-26(11-8-14)20-16(5-3-9-23-20)13-24-21(28)18-12-15-4-1-2-6-17(15)25-18;;/h3,5,9,14-15,17-18,25H,1-2,4,6-8,10-13H2,(H2,22,27)(H,24,28);2*1H. The lowest BCUT2D eigenvalue weighted by molar-refractivity contribution is -0.123. The molecule has 0 bridgehead atoms. The van der Waals surface area contributed by atoms with E-state index in [1.807, 2.05) is 12.1 Å². The maximum atomic E-state index is 12.7. The van der Waals surface area contributed by atoms with Crippen LogP contribution in [-0.4, -0.2) is 42.0 Å². The number of nitrogens with one attached hydrogen (secondary N) is 2. The Kier molecular flexibility index (Phi) is 9.19. The van der Waals surface area contributed by atoms with Crippen LogP contribution in [0.1, 0.15) is 50.5 Å². The Hall–Kier alpha value is -1.57. The Balaban J connectivity index is 0.00000160. The van der Waals surface area contributed by atoms with Gasteiger partial charge in [0.25, 0.3) is 0 Å². The van der Waals surface area contributed by atoms with E-state index in [2.05, 4.69) is 20.5 Å². The van der Waals surface area contributed by atoms with Crippen LogP contribution in [0.5, 0.6) is 0 Å². The second kappa shape index (κ2) is 11.2. The molecule has 7 nitrogen and oxygen atoms in total. The number of pyridine rings is 1. The minimum absolute atomic E-state index is 0. The number of halogens is 2. The van der Waals surface area contributed by atoms with E-state index < -0.39 is 0 Å². The van der Waals surface area contributed by atoms with Crippen LogP contribution in [0, 0.1) is 11.8 Å². The highest BCUT2D eigenvalue weighted by Gasteiger charge is 2.38. The number of nitrogens with two attached hydrogens (primary N) is 1. The van der Waals surface area contributed by atoms with E-state index in [1.165, 1.54) is 25.7 Å². The molecule has 0 aromatic carbocycles. The molecule has 168 valence electrons. The summed E-state index contributed by atoms with van der Waals surface area (Å²) in [4.78, 5) is 30.9. The molecule has 2 saturated heterocycles. The zero-order valence-electron chi connectivity index (χ0n) is 17.2. The van der Waals surface area contributed by atoms with Gasteiger partial charge in [-0.3, -0.25) is 9.59 Å². The topological polar surface area (TPSA) is 100 Å². The van der Waals surface area contributed by atoms with E-state index in [0.717, 1.165) is 43.7 Å². The molecular weight excluding hydrogens is 425 g/mol. The van der Waals surface area contributed by atoms with E-state index >= 15 is 0 Å². The lowest BCUT2D eigenvalue weighted by atomic mass is 9.85. The van der Waals surface area contributed by atoms with Crippen LogP contribution in [0.3, 0.4) is 0 Å². The fourth-order valence-corrected chi connectivity index (χ4v) is 5.06. The third-order valence-electron chi connectivity index (χ3n) is 6.70. The molecule has 1 saturated carbocycles. The predicted molar refractivity (Wildman–Crippen MR) is 122 cm³/mol. The number of hydrogen-bond donors (Lipinski definition) is 3. The fourth-order valence-electron chi connectivity index (χ4n) is 5.06. The van der Waals surface area contributed by atoms with Gasteiger partial charge in [0, 0.05) is 43.4 Å². The highest BCUT2D eigenvalue weighted by atomic mass is 35.5. The highest BCUT2D eigenvalue weighted by molar-refractivity contribution is 5.85. The second-order valence-corrected chi connectivity index (χ2v) is 8.47. The summed E-state index contributed by atoms with van der Waals surface area (Å²) in [7, 11) is 0. The Morgan fingerprint density at radius 1 is 1.17 bits per heavy atom. The zero-order valence-corrected chi connectivity index (χ0v) is 18.9. The molecule has 2 aliphatic heterocycles. The number of hydrogen-bond acceptors (Lipinski definition) is 5. The van der Waals surface area contributed by atoms with Crippen molar-refractivity contribution in [3.63, 3.8) is 0 Å². The van der Waals surface area contributed by atoms with Crippen molar-refractivity contribution >= 4 is 42.4 Å². The van der Waals surface area contributed by atoms with Gasteiger partial charge in [0.2, 0.25) is 11.8 Å². The van der Waals surface area contributed by atoms with Crippen LogP contribution in [0.25, 0.3) is 0 Å². The summed E-state index contributed by atoms with van der Waals surface area (Å²) in [6.07, 6.45) is 9.26. The summed E-state index contributed by atoms with van der Waals surface area (Å²) in [5, 5.41) is 6.66. The molecule has 3 unspecified atom stereocenters. The van der Waals surface area contributed by atoms with E-state index in [-0.39, 0.29) is 48.6 Å². The summed E-state index contributed by atoms with van der Waals surface area (Å²) < 4.78 is 0. The van der Waals surface area contributed by atoms with Crippen molar-refractivity contribution in [1.82, 2.24) is 15.6 Å². The van der Waals surface area contributed by atoms with Gasteiger partial charge in [-0.25, -0.2) is 4.98 Å². The number of rotatable bonds is 5. The molecule has 4 rings (SSSR count). The van der Waals surface area contributed by atoms with Crippen molar-refractivity contribution < 1.29 is 9.59 Å². The Morgan fingerprint density at radius 3 is 2.60 bits per heavy atom. The van der Waals surface area contributed by atoms with Crippen molar-refractivity contribution in [2.24, 2.45) is 17.6 Å². The normalized spacial score (nSPS) is 26.1. The number of fused-ring (bicyclic) bond motifs is 1. The molecule has 9 heteroatoms. The first-order chi connectivity index (χ1) is 13.6. The summed E-state index contributed by atoms with van der Waals surface area (Å²) in [6, 6.07) is 4.37. The van der Waals surface area contributed by atoms with Gasteiger partial charge in [0.1, 0.15) is 5.82 Å².